The molecule has 1 heterocycles. The van der Waals surface area contributed by atoms with Crippen LogP contribution in [0.5, 0.6) is 0 Å². The van der Waals surface area contributed by atoms with Gasteiger partial charge in [-0.15, -0.1) is 0 Å². The van der Waals surface area contributed by atoms with Crippen LogP contribution in [-0.4, -0.2) is 27.7 Å². The van der Waals surface area contributed by atoms with Crippen LogP contribution in [0.15, 0.2) is 46.3 Å². The molecular formula is C18H23N3O2S. The van der Waals surface area contributed by atoms with Gasteiger partial charge in [0.1, 0.15) is 0 Å². The molecule has 6 heteroatoms. The summed E-state index contributed by atoms with van der Waals surface area (Å²) in [6, 6.07) is 11.1. The summed E-state index contributed by atoms with van der Waals surface area (Å²) >= 11 is 1.29. The van der Waals surface area contributed by atoms with Gasteiger partial charge in [0.05, 0.1) is 5.25 Å². The Balaban J connectivity index is 2.15. The number of para-hydroxylation sites is 1. The molecule has 128 valence electrons. The van der Waals surface area contributed by atoms with Crippen molar-refractivity contribution in [1.82, 2.24) is 9.97 Å². The normalized spacial score (nSPS) is 12.0. The van der Waals surface area contributed by atoms with E-state index in [1.165, 1.54) is 17.8 Å². The van der Waals surface area contributed by atoms with Crippen LogP contribution in [0, 0.1) is 0 Å². The van der Waals surface area contributed by atoms with E-state index in [4.69, 9.17) is 0 Å². The molecule has 0 saturated heterocycles. The van der Waals surface area contributed by atoms with Gasteiger partial charge in [0.25, 0.3) is 5.56 Å². The number of rotatable bonds is 7. The highest BCUT2D eigenvalue weighted by atomic mass is 32.2. The zero-order chi connectivity index (χ0) is 17.5. The number of carbonyl (C=O) groups is 1. The number of amides is 1. The molecule has 1 aromatic carbocycles. The molecule has 0 saturated carbocycles. The Morgan fingerprint density at radius 2 is 2.00 bits per heavy atom. The first-order chi connectivity index (χ1) is 11.5. The Labute approximate surface area is 146 Å². The number of thioether (sulfide) groups is 1. The summed E-state index contributed by atoms with van der Waals surface area (Å²) in [5.74, 6) is -0.00255. The van der Waals surface area contributed by atoms with E-state index in [-0.39, 0.29) is 16.7 Å². The Bertz CT molecular complexity index is 731. The second-order valence-electron chi connectivity index (χ2n) is 5.47. The number of H-pyrrole nitrogens is 1. The van der Waals surface area contributed by atoms with Crippen LogP contribution in [0.3, 0.4) is 0 Å². The molecule has 2 aromatic rings. The summed E-state index contributed by atoms with van der Waals surface area (Å²) in [5, 5.41) is 0.154. The Morgan fingerprint density at radius 3 is 2.62 bits per heavy atom. The number of aromatic nitrogens is 2. The average Bonchev–Trinajstić information content (AvgIpc) is 2.56. The number of anilines is 1. The highest BCUT2D eigenvalue weighted by Crippen LogP contribution is 2.23. The largest absolute Gasteiger partial charge is 0.312 e. The van der Waals surface area contributed by atoms with E-state index < -0.39 is 0 Å². The van der Waals surface area contributed by atoms with Gasteiger partial charge in [-0.3, -0.25) is 9.59 Å². The summed E-state index contributed by atoms with van der Waals surface area (Å²) in [4.78, 5) is 33.4. The molecule has 1 N–H and O–H groups in total. The van der Waals surface area contributed by atoms with E-state index in [0.29, 0.717) is 11.7 Å². The number of nitrogens with one attached hydrogen (secondary N) is 1. The minimum absolute atomic E-state index is 0.00255. The third-order valence-electron chi connectivity index (χ3n) is 3.57. The van der Waals surface area contributed by atoms with Crippen molar-refractivity contribution in [1.29, 1.82) is 0 Å². The fraction of sp³-hybridized carbons (Fsp3) is 0.389. The molecule has 0 aliphatic heterocycles. The van der Waals surface area contributed by atoms with Crippen LogP contribution < -0.4 is 10.5 Å². The molecule has 2 rings (SSSR count). The second kappa shape index (κ2) is 8.68. The lowest BCUT2D eigenvalue weighted by molar-refractivity contribution is -0.117. The lowest BCUT2D eigenvalue weighted by atomic mass is 10.2. The maximum atomic E-state index is 12.8. The number of nitrogens with zero attached hydrogens (tertiary/aromatic N) is 2. The van der Waals surface area contributed by atoms with E-state index in [1.807, 2.05) is 51.1 Å². The fourth-order valence-corrected chi connectivity index (χ4v) is 3.33. The van der Waals surface area contributed by atoms with Gasteiger partial charge in [0, 0.05) is 24.0 Å². The van der Waals surface area contributed by atoms with Gasteiger partial charge in [0.2, 0.25) is 5.91 Å². The first kappa shape index (κ1) is 18.3. The molecule has 1 atom stereocenters. The van der Waals surface area contributed by atoms with Crippen molar-refractivity contribution in [2.24, 2.45) is 0 Å². The molecular weight excluding hydrogens is 322 g/mol. The lowest BCUT2D eigenvalue weighted by Crippen LogP contribution is -2.36. The molecule has 0 bridgehead atoms. The molecule has 0 fully saturated rings. The summed E-state index contributed by atoms with van der Waals surface area (Å²) in [5.41, 5.74) is 1.46. The van der Waals surface area contributed by atoms with Crippen LogP contribution in [0.4, 0.5) is 5.69 Å². The van der Waals surface area contributed by atoms with Crippen LogP contribution >= 0.6 is 11.8 Å². The van der Waals surface area contributed by atoms with Crippen molar-refractivity contribution >= 4 is 23.4 Å². The van der Waals surface area contributed by atoms with Gasteiger partial charge in [-0.25, -0.2) is 4.98 Å². The molecule has 1 aromatic heterocycles. The summed E-state index contributed by atoms with van der Waals surface area (Å²) in [7, 11) is 0. The first-order valence-corrected chi connectivity index (χ1v) is 9.06. The Hall–Kier alpha value is -2.08. The fourth-order valence-electron chi connectivity index (χ4n) is 2.43. The Kier molecular flexibility index (Phi) is 6.61. The number of hydrogen-bond acceptors (Lipinski definition) is 4. The minimum atomic E-state index is -0.342. The van der Waals surface area contributed by atoms with Crippen molar-refractivity contribution < 1.29 is 4.79 Å². The highest BCUT2D eigenvalue weighted by molar-refractivity contribution is 8.00. The number of aromatic amines is 1. The molecule has 5 nitrogen and oxygen atoms in total. The Morgan fingerprint density at radius 1 is 1.29 bits per heavy atom. The SMILES string of the molecule is CCCc1cc(=O)[nH]c(S[C@H](C)C(=O)N(CC)c2ccccc2)n1. The molecule has 0 radical (unpaired) electrons. The molecule has 0 aliphatic carbocycles. The maximum Gasteiger partial charge on any atom is 0.251 e. The third-order valence-corrected chi connectivity index (χ3v) is 4.54. The van der Waals surface area contributed by atoms with E-state index in [9.17, 15) is 9.59 Å². The topological polar surface area (TPSA) is 66.1 Å². The zero-order valence-electron chi connectivity index (χ0n) is 14.3. The second-order valence-corrected chi connectivity index (χ2v) is 6.80. The van der Waals surface area contributed by atoms with E-state index in [0.717, 1.165) is 24.2 Å². The predicted octanol–water partition coefficient (Wildman–Crippen LogP) is 3.26. The number of hydrogen-bond donors (Lipinski definition) is 1. The lowest BCUT2D eigenvalue weighted by Gasteiger charge is -2.24. The van der Waals surface area contributed by atoms with Crippen molar-refractivity contribution in [2.75, 3.05) is 11.4 Å². The standard InChI is InChI=1S/C18H23N3O2S/c1-4-9-14-12-16(22)20-18(19-14)24-13(3)17(23)21(5-2)15-10-7-6-8-11-15/h6-8,10-13H,4-5,9H2,1-3H3,(H,19,20,22)/t13-/m1/s1. The van der Waals surface area contributed by atoms with Crippen LogP contribution in [-0.2, 0) is 11.2 Å². The maximum absolute atomic E-state index is 12.8. The van der Waals surface area contributed by atoms with Crippen molar-refractivity contribution in [2.45, 2.75) is 44.0 Å². The zero-order valence-corrected chi connectivity index (χ0v) is 15.1. The number of aryl methyl sites for hydroxylation is 1. The van der Waals surface area contributed by atoms with Gasteiger partial charge < -0.3 is 9.88 Å². The van der Waals surface area contributed by atoms with Crippen molar-refractivity contribution in [3.63, 3.8) is 0 Å². The predicted molar refractivity (Wildman–Crippen MR) is 98.6 cm³/mol. The van der Waals surface area contributed by atoms with E-state index >= 15 is 0 Å². The van der Waals surface area contributed by atoms with Gasteiger partial charge in [-0.2, -0.15) is 0 Å². The van der Waals surface area contributed by atoms with E-state index in [1.54, 1.807) is 4.90 Å². The van der Waals surface area contributed by atoms with Gasteiger partial charge in [-0.05, 0) is 32.4 Å². The monoisotopic (exact) mass is 345 g/mol. The van der Waals surface area contributed by atoms with Crippen LogP contribution in [0.25, 0.3) is 0 Å². The van der Waals surface area contributed by atoms with Crippen LogP contribution in [0.2, 0.25) is 0 Å². The smallest absolute Gasteiger partial charge is 0.251 e. The molecule has 0 aliphatic rings. The average molecular weight is 345 g/mol. The van der Waals surface area contributed by atoms with Gasteiger partial charge in [0.15, 0.2) is 5.16 Å². The van der Waals surface area contributed by atoms with Crippen molar-refractivity contribution in [3.8, 4) is 0 Å². The molecule has 0 spiro atoms. The molecule has 24 heavy (non-hydrogen) atoms. The quantitative estimate of drug-likeness (QED) is 0.618. The highest BCUT2D eigenvalue weighted by Gasteiger charge is 2.22. The van der Waals surface area contributed by atoms with Crippen LogP contribution in [0.1, 0.15) is 32.9 Å². The summed E-state index contributed by atoms with van der Waals surface area (Å²) in [6.45, 7) is 6.42. The summed E-state index contributed by atoms with van der Waals surface area (Å²) in [6.07, 6.45) is 1.68. The van der Waals surface area contributed by atoms with Gasteiger partial charge >= 0.3 is 0 Å². The minimum Gasteiger partial charge on any atom is -0.312 e. The van der Waals surface area contributed by atoms with Crippen molar-refractivity contribution in [3.05, 3.63) is 52.4 Å². The number of benzene rings is 1. The third kappa shape index (κ3) is 4.71. The van der Waals surface area contributed by atoms with Gasteiger partial charge in [-0.1, -0.05) is 43.3 Å². The summed E-state index contributed by atoms with van der Waals surface area (Å²) < 4.78 is 0. The van der Waals surface area contributed by atoms with E-state index in [2.05, 4.69) is 9.97 Å². The molecule has 1 amide bonds. The first-order valence-electron chi connectivity index (χ1n) is 8.18. The molecule has 0 unspecified atom stereocenters. The number of carbonyl (C=O) groups excluding carboxylic acids is 1.